The second kappa shape index (κ2) is 6.66. The van der Waals surface area contributed by atoms with Gasteiger partial charge in [-0.05, 0) is 57.2 Å². The Kier molecular flexibility index (Phi) is 4.72. The van der Waals surface area contributed by atoms with Crippen LogP contribution in [0.25, 0.3) is 0 Å². The summed E-state index contributed by atoms with van der Waals surface area (Å²) in [5.74, 6) is 0. The maximum Gasteiger partial charge on any atom is 0.411 e. The van der Waals surface area contributed by atoms with Gasteiger partial charge in [-0.15, -0.1) is 0 Å². The number of benzene rings is 1. The van der Waals surface area contributed by atoms with Crippen molar-refractivity contribution in [2.75, 3.05) is 0 Å². The molecule has 0 N–H and O–H groups in total. The van der Waals surface area contributed by atoms with Crippen molar-refractivity contribution >= 4 is 12.4 Å². The average Bonchev–Trinajstić information content (AvgIpc) is 3.20. The van der Waals surface area contributed by atoms with Gasteiger partial charge < -0.3 is 4.74 Å². The van der Waals surface area contributed by atoms with Gasteiger partial charge in [-0.2, -0.15) is 0 Å². The van der Waals surface area contributed by atoms with Crippen LogP contribution in [0.15, 0.2) is 42.0 Å². The molecule has 0 bridgehead atoms. The Bertz CT molecular complexity index is 674. The highest BCUT2D eigenvalue weighted by Gasteiger charge is 2.67. The fourth-order valence-corrected chi connectivity index (χ4v) is 4.13. The molecule has 1 saturated carbocycles. The van der Waals surface area contributed by atoms with E-state index < -0.39 is 11.1 Å². The number of amides is 1. The highest BCUT2D eigenvalue weighted by molar-refractivity contribution is 5.78. The average molecular weight is 341 g/mol. The molecule has 1 aliphatic carbocycles. The van der Waals surface area contributed by atoms with Crippen LogP contribution >= 0.6 is 0 Å². The number of hydrogen-bond acceptors (Lipinski definition) is 3. The fraction of sp³-hybridized carbons (Fsp3) is 0.524. The lowest BCUT2D eigenvalue weighted by Crippen LogP contribution is -2.33. The van der Waals surface area contributed by atoms with E-state index in [-0.39, 0.29) is 12.1 Å². The Morgan fingerprint density at radius 2 is 2.00 bits per heavy atom. The first kappa shape index (κ1) is 17.7. The van der Waals surface area contributed by atoms with Crippen LogP contribution in [0, 0.1) is 0 Å². The van der Waals surface area contributed by atoms with E-state index in [2.05, 4.69) is 12.1 Å². The summed E-state index contributed by atoms with van der Waals surface area (Å²) in [5, 5.41) is 0. The molecule has 2 atom stereocenters. The third-order valence-corrected chi connectivity index (χ3v) is 5.13. The summed E-state index contributed by atoms with van der Waals surface area (Å²) < 4.78 is 5.66. The predicted molar refractivity (Wildman–Crippen MR) is 97.4 cm³/mol. The number of nitrogens with zero attached hydrogens (tertiary/aromatic N) is 1. The van der Waals surface area contributed by atoms with Gasteiger partial charge in [0.15, 0.2) is 0 Å². The Balaban J connectivity index is 1.96. The zero-order valence-electron chi connectivity index (χ0n) is 15.3. The van der Waals surface area contributed by atoms with Crippen LogP contribution < -0.4 is 0 Å². The van der Waals surface area contributed by atoms with Gasteiger partial charge in [0, 0.05) is 6.42 Å². The molecule has 0 radical (unpaired) electrons. The van der Waals surface area contributed by atoms with Crippen LogP contribution in [0.5, 0.6) is 0 Å². The number of hydrogen-bond donors (Lipinski definition) is 0. The summed E-state index contributed by atoms with van der Waals surface area (Å²) in [6.07, 6.45) is 6.95. The number of ether oxygens (including phenoxy) is 1. The highest BCUT2D eigenvalue weighted by Crippen LogP contribution is 2.55. The van der Waals surface area contributed by atoms with Crippen molar-refractivity contribution in [3.05, 3.63) is 47.5 Å². The topological polar surface area (TPSA) is 46.4 Å². The van der Waals surface area contributed by atoms with Gasteiger partial charge in [-0.1, -0.05) is 36.8 Å². The van der Waals surface area contributed by atoms with E-state index in [1.807, 2.05) is 43.9 Å². The summed E-state index contributed by atoms with van der Waals surface area (Å²) >= 11 is 0. The number of carbonyl (C=O) groups excluding carboxylic acids is 2. The van der Waals surface area contributed by atoms with Crippen molar-refractivity contribution in [3.8, 4) is 0 Å². The molecular weight excluding hydrogens is 314 g/mol. The molecule has 2 fully saturated rings. The van der Waals surface area contributed by atoms with Crippen molar-refractivity contribution < 1.29 is 14.3 Å². The van der Waals surface area contributed by atoms with Crippen LogP contribution in [-0.4, -0.2) is 34.5 Å². The summed E-state index contributed by atoms with van der Waals surface area (Å²) in [6.45, 7) is 5.66. The second-order valence-corrected chi connectivity index (χ2v) is 8.03. The molecule has 1 aromatic rings. The summed E-state index contributed by atoms with van der Waals surface area (Å²) in [5.41, 5.74) is 1.32. The van der Waals surface area contributed by atoms with Crippen molar-refractivity contribution in [1.82, 2.24) is 4.90 Å². The van der Waals surface area contributed by atoms with Gasteiger partial charge in [0.2, 0.25) is 0 Å². The predicted octanol–water partition coefficient (Wildman–Crippen LogP) is 4.29. The monoisotopic (exact) mass is 341 g/mol. The first-order chi connectivity index (χ1) is 11.9. The molecule has 4 nitrogen and oxygen atoms in total. The molecule has 1 saturated heterocycles. The van der Waals surface area contributed by atoms with E-state index in [9.17, 15) is 9.59 Å². The second-order valence-electron chi connectivity index (χ2n) is 8.03. The highest BCUT2D eigenvalue weighted by atomic mass is 16.6. The Labute approximate surface area is 149 Å². The Morgan fingerprint density at radius 1 is 1.28 bits per heavy atom. The smallest absolute Gasteiger partial charge is 0.411 e. The molecule has 0 unspecified atom stereocenters. The Hall–Kier alpha value is -2.10. The lowest BCUT2D eigenvalue weighted by Gasteiger charge is -2.24. The molecule has 0 spiro atoms. The molecule has 134 valence electrons. The van der Waals surface area contributed by atoms with Crippen LogP contribution in [0.4, 0.5) is 4.79 Å². The largest absolute Gasteiger partial charge is 0.444 e. The summed E-state index contributed by atoms with van der Waals surface area (Å²) in [4.78, 5) is 25.9. The molecule has 1 heterocycles. The zero-order valence-corrected chi connectivity index (χ0v) is 15.3. The molecule has 1 amide bonds. The fourth-order valence-electron chi connectivity index (χ4n) is 4.13. The molecule has 25 heavy (non-hydrogen) atoms. The molecule has 2 aliphatic rings. The summed E-state index contributed by atoms with van der Waals surface area (Å²) in [7, 11) is 0. The van der Waals surface area contributed by atoms with Crippen molar-refractivity contribution in [2.24, 2.45) is 0 Å². The number of fused-ring (bicyclic) bond motifs is 1. The quantitative estimate of drug-likeness (QED) is 0.468. The third-order valence-electron chi connectivity index (χ3n) is 5.13. The van der Waals surface area contributed by atoms with Crippen LogP contribution in [0.2, 0.25) is 0 Å². The lowest BCUT2D eigenvalue weighted by molar-refractivity contribution is -0.104. The SMILES string of the molecule is CC(C)(C)OC(=O)N1[C@@H]2CCCC/C(=C\C=O)[C@@]21Cc1ccccc1. The number of likely N-dealkylation sites (tertiary alicyclic amines) is 1. The molecule has 1 aromatic carbocycles. The van der Waals surface area contributed by atoms with E-state index in [4.69, 9.17) is 4.74 Å². The van der Waals surface area contributed by atoms with E-state index >= 15 is 0 Å². The minimum absolute atomic E-state index is 0.122. The zero-order chi connectivity index (χ0) is 18.1. The molecule has 0 aromatic heterocycles. The van der Waals surface area contributed by atoms with Crippen molar-refractivity contribution in [1.29, 1.82) is 0 Å². The number of allylic oxidation sites excluding steroid dienone is 1. The Morgan fingerprint density at radius 3 is 2.64 bits per heavy atom. The summed E-state index contributed by atoms with van der Waals surface area (Å²) in [6, 6.07) is 10.3. The van der Waals surface area contributed by atoms with E-state index in [1.165, 1.54) is 5.56 Å². The van der Waals surface area contributed by atoms with Crippen LogP contribution in [0.3, 0.4) is 0 Å². The minimum atomic E-state index is -0.526. The maximum absolute atomic E-state index is 12.8. The standard InChI is InChI=1S/C21H27NO3/c1-20(2,3)25-19(24)22-18-12-8-7-11-17(13-14-23)21(18,22)15-16-9-5-4-6-10-16/h4-6,9-10,13-14,18H,7-8,11-12,15H2,1-3H3/b17-13+/t18-,21+,22?/m1/s1. The van der Waals surface area contributed by atoms with E-state index in [1.54, 1.807) is 6.08 Å². The van der Waals surface area contributed by atoms with Gasteiger partial charge in [0.1, 0.15) is 11.9 Å². The van der Waals surface area contributed by atoms with Gasteiger partial charge in [0.25, 0.3) is 0 Å². The van der Waals surface area contributed by atoms with E-state index in [0.717, 1.165) is 44.0 Å². The molecule has 3 rings (SSSR count). The van der Waals surface area contributed by atoms with Gasteiger partial charge in [-0.25, -0.2) is 4.79 Å². The number of aldehydes is 1. The number of rotatable bonds is 3. The van der Waals surface area contributed by atoms with E-state index in [0.29, 0.717) is 0 Å². The lowest BCUT2D eigenvalue weighted by atomic mass is 9.86. The third kappa shape index (κ3) is 3.48. The first-order valence-electron chi connectivity index (χ1n) is 9.09. The first-order valence-corrected chi connectivity index (χ1v) is 9.09. The van der Waals surface area contributed by atoms with Crippen LogP contribution in [0.1, 0.15) is 52.0 Å². The molecule has 1 aliphatic heterocycles. The maximum atomic E-state index is 12.8. The van der Waals surface area contributed by atoms with Gasteiger partial charge in [-0.3, -0.25) is 9.69 Å². The van der Waals surface area contributed by atoms with Crippen molar-refractivity contribution in [2.45, 2.75) is 70.1 Å². The molecule has 4 heteroatoms. The van der Waals surface area contributed by atoms with Gasteiger partial charge in [0.05, 0.1) is 11.6 Å². The normalized spacial score (nSPS) is 27.4. The van der Waals surface area contributed by atoms with Crippen LogP contribution in [-0.2, 0) is 16.0 Å². The van der Waals surface area contributed by atoms with Gasteiger partial charge >= 0.3 is 6.09 Å². The molecular formula is C21H27NO3. The minimum Gasteiger partial charge on any atom is -0.444 e. The number of carbonyl (C=O) groups is 2. The van der Waals surface area contributed by atoms with Crippen molar-refractivity contribution in [3.63, 3.8) is 0 Å².